The Hall–Kier alpha value is -2.18. The van der Waals surface area contributed by atoms with E-state index < -0.39 is 18.2 Å². The van der Waals surface area contributed by atoms with Crippen molar-refractivity contribution in [2.45, 2.75) is 251 Å². The van der Waals surface area contributed by atoms with Crippen LogP contribution in [-0.2, 0) is 14.3 Å². The molecule has 3 atom stereocenters. The van der Waals surface area contributed by atoms with Crippen LogP contribution in [0.25, 0.3) is 0 Å². The molecule has 3 N–H and O–H groups in total. The minimum atomic E-state index is -0.802. The summed E-state index contributed by atoms with van der Waals surface area (Å²) in [6.45, 7) is 6.31. The Labute approximate surface area is 346 Å². The lowest BCUT2D eigenvalue weighted by Crippen LogP contribution is -2.46. The Bertz CT molecular complexity index is 972. The van der Waals surface area contributed by atoms with E-state index in [9.17, 15) is 19.8 Å². The minimum absolute atomic E-state index is 0.0337. The summed E-state index contributed by atoms with van der Waals surface area (Å²) in [7, 11) is 0. The molecule has 0 saturated heterocycles. The summed E-state index contributed by atoms with van der Waals surface area (Å²) >= 11 is 0. The van der Waals surface area contributed by atoms with Crippen LogP contribution in [0.3, 0.4) is 0 Å². The van der Waals surface area contributed by atoms with Crippen LogP contribution in [0.15, 0.2) is 48.6 Å². The molecule has 0 aliphatic rings. The van der Waals surface area contributed by atoms with Gasteiger partial charge in [-0.05, 0) is 38.5 Å². The number of amides is 1. The van der Waals surface area contributed by atoms with Gasteiger partial charge in [-0.15, -0.1) is 0 Å². The summed E-state index contributed by atoms with van der Waals surface area (Å²) in [5.41, 5.74) is 0. The lowest BCUT2D eigenvalue weighted by molar-refractivity contribution is -0.151. The first-order chi connectivity index (χ1) is 27.5. The molecule has 0 bridgehead atoms. The van der Waals surface area contributed by atoms with Gasteiger partial charge in [0.15, 0.2) is 0 Å². The van der Waals surface area contributed by atoms with Crippen molar-refractivity contribution < 1.29 is 24.5 Å². The maximum Gasteiger partial charge on any atom is 0.306 e. The van der Waals surface area contributed by atoms with Crippen LogP contribution in [0.4, 0.5) is 0 Å². The Kier molecular flexibility index (Phi) is 42.2. The van der Waals surface area contributed by atoms with Gasteiger partial charge in [-0.25, -0.2) is 0 Å². The van der Waals surface area contributed by atoms with Gasteiger partial charge in [0.25, 0.3) is 0 Å². The molecule has 0 fully saturated rings. The fourth-order valence-corrected chi connectivity index (χ4v) is 7.15. The number of ether oxygens (including phenoxy) is 1. The number of carbonyl (C=O) groups is 2. The maximum absolute atomic E-state index is 13.1. The van der Waals surface area contributed by atoms with Gasteiger partial charge in [0, 0.05) is 6.42 Å². The Morgan fingerprint density at radius 2 is 0.964 bits per heavy atom. The van der Waals surface area contributed by atoms with Crippen molar-refractivity contribution in [2.24, 2.45) is 0 Å². The molecule has 56 heavy (non-hydrogen) atoms. The second-order valence-electron chi connectivity index (χ2n) is 16.2. The highest BCUT2D eigenvalue weighted by atomic mass is 16.5. The number of unbranched alkanes of at least 4 members (excludes halogenated alkanes) is 25. The second-order valence-corrected chi connectivity index (χ2v) is 16.2. The lowest BCUT2D eigenvalue weighted by Gasteiger charge is -2.24. The molecule has 0 aromatic heterocycles. The van der Waals surface area contributed by atoms with E-state index in [1.807, 2.05) is 36.5 Å². The first kappa shape index (κ1) is 53.8. The van der Waals surface area contributed by atoms with Gasteiger partial charge in [-0.1, -0.05) is 230 Å². The van der Waals surface area contributed by atoms with E-state index in [4.69, 9.17) is 4.74 Å². The predicted molar refractivity (Wildman–Crippen MR) is 241 cm³/mol. The summed E-state index contributed by atoms with van der Waals surface area (Å²) in [4.78, 5) is 26.0. The smallest absolute Gasteiger partial charge is 0.306 e. The van der Waals surface area contributed by atoms with Gasteiger partial charge in [0.05, 0.1) is 25.2 Å². The highest BCUT2D eigenvalue weighted by molar-refractivity contribution is 5.77. The first-order valence-electron chi connectivity index (χ1n) is 23.9. The van der Waals surface area contributed by atoms with E-state index in [1.54, 1.807) is 0 Å². The Morgan fingerprint density at radius 1 is 0.536 bits per heavy atom. The number of esters is 1. The SMILES string of the molecule is CC/C=C/C=C/C=C\C=C/CCCC(CC(=O)NC(CO)C(O)CCCCCCCCCCCCC)OC(=O)CCCCCCCCCCCCCCCCC. The van der Waals surface area contributed by atoms with Crippen molar-refractivity contribution in [3.63, 3.8) is 0 Å². The van der Waals surface area contributed by atoms with Crippen molar-refractivity contribution >= 4 is 11.9 Å². The molecule has 0 aromatic carbocycles. The number of rotatable bonds is 42. The summed E-state index contributed by atoms with van der Waals surface area (Å²) in [5.74, 6) is -0.538. The maximum atomic E-state index is 13.1. The molecule has 6 heteroatoms. The fraction of sp³-hybridized carbons (Fsp3) is 0.800. The molecule has 0 aliphatic carbocycles. The van der Waals surface area contributed by atoms with Crippen molar-refractivity contribution in [1.82, 2.24) is 5.32 Å². The highest BCUT2D eigenvalue weighted by Crippen LogP contribution is 2.17. The summed E-state index contributed by atoms with van der Waals surface area (Å²) in [6, 6.07) is -0.719. The van der Waals surface area contributed by atoms with E-state index in [2.05, 4.69) is 38.2 Å². The minimum Gasteiger partial charge on any atom is -0.462 e. The van der Waals surface area contributed by atoms with Crippen molar-refractivity contribution in [3.05, 3.63) is 48.6 Å². The quantitative estimate of drug-likeness (QED) is 0.0325. The van der Waals surface area contributed by atoms with Crippen LogP contribution < -0.4 is 5.32 Å². The Balaban J connectivity index is 4.61. The van der Waals surface area contributed by atoms with Crippen LogP contribution in [0.2, 0.25) is 0 Å². The molecule has 3 unspecified atom stereocenters. The number of allylic oxidation sites excluding steroid dienone is 8. The van der Waals surface area contributed by atoms with E-state index in [1.165, 1.54) is 128 Å². The number of hydrogen-bond acceptors (Lipinski definition) is 5. The molecule has 0 rings (SSSR count). The van der Waals surface area contributed by atoms with E-state index >= 15 is 0 Å². The van der Waals surface area contributed by atoms with Gasteiger partial charge >= 0.3 is 5.97 Å². The average molecular weight is 786 g/mol. The largest absolute Gasteiger partial charge is 0.462 e. The van der Waals surface area contributed by atoms with Gasteiger partial charge in [-0.3, -0.25) is 9.59 Å². The van der Waals surface area contributed by atoms with Crippen LogP contribution in [-0.4, -0.2) is 46.9 Å². The topological polar surface area (TPSA) is 95.9 Å². The monoisotopic (exact) mass is 786 g/mol. The van der Waals surface area contributed by atoms with E-state index in [0.29, 0.717) is 19.3 Å². The number of hydrogen-bond donors (Lipinski definition) is 3. The third kappa shape index (κ3) is 38.7. The van der Waals surface area contributed by atoms with E-state index in [0.717, 1.165) is 57.8 Å². The van der Waals surface area contributed by atoms with Crippen molar-refractivity contribution in [2.75, 3.05) is 6.61 Å². The van der Waals surface area contributed by atoms with Crippen LogP contribution in [0, 0.1) is 0 Å². The van der Waals surface area contributed by atoms with Crippen LogP contribution >= 0.6 is 0 Å². The van der Waals surface area contributed by atoms with Crippen molar-refractivity contribution in [3.8, 4) is 0 Å². The summed E-state index contributed by atoms with van der Waals surface area (Å²) in [6.07, 6.45) is 51.8. The summed E-state index contributed by atoms with van der Waals surface area (Å²) in [5, 5.41) is 23.6. The molecule has 326 valence electrons. The number of aliphatic hydroxyl groups is 2. The highest BCUT2D eigenvalue weighted by Gasteiger charge is 2.24. The predicted octanol–water partition coefficient (Wildman–Crippen LogP) is 13.9. The number of aliphatic hydroxyl groups excluding tert-OH is 2. The van der Waals surface area contributed by atoms with Gasteiger partial charge in [0.1, 0.15) is 6.10 Å². The number of nitrogens with one attached hydrogen (secondary N) is 1. The third-order valence-electron chi connectivity index (χ3n) is 10.8. The molecule has 0 spiro atoms. The fourth-order valence-electron chi connectivity index (χ4n) is 7.15. The van der Waals surface area contributed by atoms with Gasteiger partial charge in [-0.2, -0.15) is 0 Å². The summed E-state index contributed by atoms with van der Waals surface area (Å²) < 4.78 is 5.87. The van der Waals surface area contributed by atoms with Gasteiger partial charge in [0.2, 0.25) is 5.91 Å². The van der Waals surface area contributed by atoms with Crippen LogP contribution in [0.5, 0.6) is 0 Å². The molecule has 0 aromatic rings. The zero-order chi connectivity index (χ0) is 41.0. The zero-order valence-corrected chi connectivity index (χ0v) is 37.0. The zero-order valence-electron chi connectivity index (χ0n) is 37.0. The average Bonchev–Trinajstić information content (AvgIpc) is 3.19. The molecular formula is C50H91NO5. The standard InChI is InChI=1S/C50H91NO5/c1-4-7-10-13-16-19-22-23-24-25-28-31-34-37-40-43-50(55)56-46(41-38-35-32-29-26-20-17-14-11-8-5-2)44-49(54)51-47(45-52)48(53)42-39-36-33-30-27-21-18-15-12-9-6-3/h8,11,14,17,20,26,29,32,46-48,52-53H,4-7,9-10,12-13,15-16,18-19,21-25,27-28,30-31,33-45H2,1-3H3,(H,51,54)/b11-8+,17-14+,26-20-,32-29-. The molecule has 0 saturated carbocycles. The lowest BCUT2D eigenvalue weighted by atomic mass is 10.0. The normalized spacial score (nSPS) is 13.7. The van der Waals surface area contributed by atoms with Crippen molar-refractivity contribution in [1.29, 1.82) is 0 Å². The number of carbonyl (C=O) groups excluding carboxylic acids is 2. The Morgan fingerprint density at radius 3 is 1.43 bits per heavy atom. The first-order valence-corrected chi connectivity index (χ1v) is 23.9. The van der Waals surface area contributed by atoms with Gasteiger partial charge < -0.3 is 20.3 Å². The molecule has 0 radical (unpaired) electrons. The van der Waals surface area contributed by atoms with E-state index in [-0.39, 0.29) is 24.9 Å². The molecule has 6 nitrogen and oxygen atoms in total. The molecule has 0 aliphatic heterocycles. The van der Waals surface area contributed by atoms with Crippen LogP contribution in [0.1, 0.15) is 233 Å². The molecule has 0 heterocycles. The second kappa shape index (κ2) is 43.9. The molecule has 1 amide bonds. The molecular weight excluding hydrogens is 695 g/mol. The third-order valence-corrected chi connectivity index (χ3v) is 10.8.